The van der Waals surface area contributed by atoms with Gasteiger partial charge in [0.2, 0.25) is 0 Å². The molecule has 1 aromatic heterocycles. The van der Waals surface area contributed by atoms with Gasteiger partial charge in [0.05, 0.1) is 11.5 Å². The molecule has 2 aromatic carbocycles. The molecule has 6 heteroatoms. The standard InChI is InChI=1S/C20H13ClF2N2O/c21-12-3-1-11(2-4-12)14-7-8-24-20-18(14)16(10-25-20)19(26)15-9-13(22)5-6-17(15)23/h1-9,16H,10H2,(H,24,25). The number of benzene rings is 2. The molecule has 1 unspecified atom stereocenters. The van der Waals surface area contributed by atoms with E-state index in [1.54, 1.807) is 24.4 Å². The number of nitrogens with zero attached hydrogens (tertiary/aromatic N) is 1. The van der Waals surface area contributed by atoms with Crippen LogP contribution in [0.4, 0.5) is 14.6 Å². The van der Waals surface area contributed by atoms with E-state index in [2.05, 4.69) is 10.3 Å². The van der Waals surface area contributed by atoms with E-state index >= 15 is 0 Å². The Balaban J connectivity index is 1.81. The lowest BCUT2D eigenvalue weighted by atomic mass is 9.88. The van der Waals surface area contributed by atoms with Crippen LogP contribution < -0.4 is 5.32 Å². The van der Waals surface area contributed by atoms with Crippen LogP contribution in [-0.4, -0.2) is 17.3 Å². The van der Waals surface area contributed by atoms with Crippen LogP contribution in [-0.2, 0) is 0 Å². The molecule has 3 nitrogen and oxygen atoms in total. The van der Waals surface area contributed by atoms with Crippen molar-refractivity contribution in [2.45, 2.75) is 5.92 Å². The maximum atomic E-state index is 14.1. The Morgan fingerprint density at radius 1 is 1.12 bits per heavy atom. The highest BCUT2D eigenvalue weighted by Crippen LogP contribution is 2.40. The van der Waals surface area contributed by atoms with Crippen LogP contribution in [0, 0.1) is 11.6 Å². The Bertz CT molecular complexity index is 1010. The molecule has 26 heavy (non-hydrogen) atoms. The van der Waals surface area contributed by atoms with Crippen molar-refractivity contribution in [3.63, 3.8) is 0 Å². The summed E-state index contributed by atoms with van der Waals surface area (Å²) in [5, 5.41) is 3.69. The molecule has 3 aromatic rings. The third kappa shape index (κ3) is 2.84. The molecule has 0 bridgehead atoms. The van der Waals surface area contributed by atoms with Crippen molar-refractivity contribution in [3.05, 3.63) is 82.5 Å². The number of hydrogen-bond acceptors (Lipinski definition) is 3. The highest BCUT2D eigenvalue weighted by molar-refractivity contribution is 6.30. The van der Waals surface area contributed by atoms with Gasteiger partial charge in [-0.3, -0.25) is 4.79 Å². The summed E-state index contributed by atoms with van der Waals surface area (Å²) in [4.78, 5) is 17.2. The molecule has 1 aliphatic heterocycles. The maximum absolute atomic E-state index is 14.1. The maximum Gasteiger partial charge on any atom is 0.175 e. The minimum absolute atomic E-state index is 0.254. The predicted octanol–water partition coefficient (Wildman–Crippen LogP) is 5.07. The monoisotopic (exact) mass is 370 g/mol. The van der Waals surface area contributed by atoms with Crippen molar-refractivity contribution < 1.29 is 13.6 Å². The number of carbonyl (C=O) groups excluding carboxylic acids is 1. The van der Waals surface area contributed by atoms with Crippen molar-refractivity contribution in [1.82, 2.24) is 4.98 Å². The molecule has 0 radical (unpaired) electrons. The van der Waals surface area contributed by atoms with E-state index in [1.165, 1.54) is 0 Å². The number of aromatic nitrogens is 1. The van der Waals surface area contributed by atoms with Gasteiger partial charge in [-0.15, -0.1) is 0 Å². The van der Waals surface area contributed by atoms with E-state index in [-0.39, 0.29) is 12.1 Å². The van der Waals surface area contributed by atoms with Gasteiger partial charge in [-0.05, 0) is 47.5 Å². The molecule has 1 atom stereocenters. The Hall–Kier alpha value is -2.79. The topological polar surface area (TPSA) is 42.0 Å². The fraction of sp³-hybridized carbons (Fsp3) is 0.100. The van der Waals surface area contributed by atoms with Crippen LogP contribution in [0.25, 0.3) is 11.1 Å². The third-order valence-corrected chi connectivity index (χ3v) is 4.73. The van der Waals surface area contributed by atoms with Crippen LogP contribution in [0.3, 0.4) is 0 Å². The largest absolute Gasteiger partial charge is 0.369 e. The number of fused-ring (bicyclic) bond motifs is 1. The summed E-state index contributed by atoms with van der Waals surface area (Å²) in [5.74, 6) is -1.93. The second-order valence-corrected chi connectivity index (χ2v) is 6.49. The number of anilines is 1. The number of pyridine rings is 1. The molecule has 0 amide bonds. The number of nitrogens with one attached hydrogen (secondary N) is 1. The summed E-state index contributed by atoms with van der Waals surface area (Å²) in [6.45, 7) is 0.279. The van der Waals surface area contributed by atoms with Gasteiger partial charge in [-0.1, -0.05) is 23.7 Å². The summed E-state index contributed by atoms with van der Waals surface area (Å²) < 4.78 is 27.6. The van der Waals surface area contributed by atoms with Crippen LogP contribution in [0.5, 0.6) is 0 Å². The van der Waals surface area contributed by atoms with Gasteiger partial charge in [0.1, 0.15) is 17.5 Å². The highest BCUT2D eigenvalue weighted by Gasteiger charge is 2.34. The van der Waals surface area contributed by atoms with Crippen molar-refractivity contribution >= 4 is 23.2 Å². The van der Waals surface area contributed by atoms with E-state index in [0.717, 1.165) is 29.3 Å². The van der Waals surface area contributed by atoms with Crippen LogP contribution >= 0.6 is 11.6 Å². The molecule has 0 saturated heterocycles. The number of hydrogen-bond donors (Lipinski definition) is 1. The van der Waals surface area contributed by atoms with E-state index in [0.29, 0.717) is 16.4 Å². The quantitative estimate of drug-likeness (QED) is 0.654. The molecular formula is C20H13ClF2N2O. The SMILES string of the molecule is O=C(c1cc(F)ccc1F)C1CNc2nccc(-c3ccc(Cl)cc3)c21. The fourth-order valence-electron chi connectivity index (χ4n) is 3.25. The zero-order valence-electron chi connectivity index (χ0n) is 13.5. The second-order valence-electron chi connectivity index (χ2n) is 6.05. The van der Waals surface area contributed by atoms with Gasteiger partial charge < -0.3 is 5.32 Å². The van der Waals surface area contributed by atoms with Crippen molar-refractivity contribution in [3.8, 4) is 11.1 Å². The van der Waals surface area contributed by atoms with Gasteiger partial charge in [0, 0.05) is 23.3 Å². The minimum Gasteiger partial charge on any atom is -0.369 e. The first-order valence-electron chi connectivity index (χ1n) is 8.02. The molecular weight excluding hydrogens is 358 g/mol. The lowest BCUT2D eigenvalue weighted by Crippen LogP contribution is -2.17. The first-order valence-corrected chi connectivity index (χ1v) is 8.40. The summed E-state index contributed by atoms with van der Waals surface area (Å²) in [6.07, 6.45) is 1.64. The molecule has 0 fully saturated rings. The summed E-state index contributed by atoms with van der Waals surface area (Å²) in [6, 6.07) is 11.9. The number of rotatable bonds is 3. The normalized spacial score (nSPS) is 15.4. The molecule has 4 rings (SSSR count). The summed E-state index contributed by atoms with van der Waals surface area (Å²) >= 11 is 5.95. The zero-order valence-corrected chi connectivity index (χ0v) is 14.2. The van der Waals surface area contributed by atoms with Crippen molar-refractivity contribution in [2.24, 2.45) is 0 Å². The van der Waals surface area contributed by atoms with Crippen LogP contribution in [0.1, 0.15) is 21.8 Å². The van der Waals surface area contributed by atoms with Gasteiger partial charge in [0.15, 0.2) is 5.78 Å². The van der Waals surface area contributed by atoms with E-state index in [4.69, 9.17) is 11.6 Å². The Morgan fingerprint density at radius 2 is 1.88 bits per heavy atom. The van der Waals surface area contributed by atoms with Gasteiger partial charge in [0.25, 0.3) is 0 Å². The molecule has 130 valence electrons. The van der Waals surface area contributed by atoms with Gasteiger partial charge >= 0.3 is 0 Å². The van der Waals surface area contributed by atoms with Gasteiger partial charge in [-0.2, -0.15) is 0 Å². The first kappa shape index (κ1) is 16.7. The predicted molar refractivity (Wildman–Crippen MR) is 96.6 cm³/mol. The number of ketones is 1. The molecule has 1 aliphatic rings. The molecule has 1 N–H and O–H groups in total. The summed E-state index contributed by atoms with van der Waals surface area (Å²) in [7, 11) is 0. The lowest BCUT2D eigenvalue weighted by Gasteiger charge is -2.14. The van der Waals surface area contributed by atoms with Crippen LogP contribution in [0.15, 0.2) is 54.7 Å². The van der Waals surface area contributed by atoms with Crippen molar-refractivity contribution in [1.29, 1.82) is 0 Å². The van der Waals surface area contributed by atoms with E-state index in [9.17, 15) is 13.6 Å². The third-order valence-electron chi connectivity index (χ3n) is 4.48. The number of Topliss-reactive ketones (excluding diaryl/α,β-unsaturated/α-hetero) is 1. The molecule has 2 heterocycles. The minimum atomic E-state index is -0.734. The Kier molecular flexibility index (Phi) is 4.17. The second kappa shape index (κ2) is 6.50. The summed E-state index contributed by atoms with van der Waals surface area (Å²) in [5.41, 5.74) is 2.11. The van der Waals surface area contributed by atoms with Crippen LogP contribution in [0.2, 0.25) is 5.02 Å². The fourth-order valence-corrected chi connectivity index (χ4v) is 3.37. The molecule has 0 saturated carbocycles. The average Bonchev–Trinajstić information content (AvgIpc) is 3.08. The highest BCUT2D eigenvalue weighted by atomic mass is 35.5. The van der Waals surface area contributed by atoms with E-state index < -0.39 is 23.3 Å². The van der Waals surface area contributed by atoms with E-state index in [1.807, 2.05) is 12.1 Å². The molecule has 0 aliphatic carbocycles. The Labute approximate surface area is 153 Å². The number of carbonyl (C=O) groups is 1. The van der Waals surface area contributed by atoms with Gasteiger partial charge in [-0.25, -0.2) is 13.8 Å². The zero-order chi connectivity index (χ0) is 18.3. The van der Waals surface area contributed by atoms with Crippen molar-refractivity contribution in [2.75, 3.05) is 11.9 Å². The Morgan fingerprint density at radius 3 is 2.65 bits per heavy atom. The average molecular weight is 371 g/mol. The number of halogens is 3. The first-order chi connectivity index (χ1) is 12.5. The molecule has 0 spiro atoms. The smallest absolute Gasteiger partial charge is 0.175 e. The lowest BCUT2D eigenvalue weighted by molar-refractivity contribution is 0.0962.